The summed E-state index contributed by atoms with van der Waals surface area (Å²) in [4.78, 5) is 75.4. The first kappa shape index (κ1) is 41.6. The maximum atomic E-state index is 12.6. The topological polar surface area (TPSA) is 248 Å². The van der Waals surface area contributed by atoms with Gasteiger partial charge in [-0.2, -0.15) is 15.1 Å². The number of nitrogens with zero attached hydrogens (tertiary/aromatic N) is 6. The minimum Gasteiger partial charge on any atom is -0.479 e. The Morgan fingerprint density at radius 2 is 1.42 bits per heavy atom. The molecule has 1 saturated carbocycles. The summed E-state index contributed by atoms with van der Waals surface area (Å²) in [6, 6.07) is 17.1. The molecule has 0 spiro atoms. The van der Waals surface area contributed by atoms with Crippen molar-refractivity contribution in [3.8, 4) is 17.3 Å². The molecule has 4 N–H and O–H groups in total. The molecule has 5 aromatic rings. The van der Waals surface area contributed by atoms with Crippen LogP contribution in [0.3, 0.4) is 0 Å². The fraction of sp³-hybridized carbons (Fsp3) is 0.341. The number of nitriles is 1. The lowest BCUT2D eigenvalue weighted by Crippen LogP contribution is -2.71. The van der Waals surface area contributed by atoms with Crippen LogP contribution in [0.2, 0.25) is 0 Å². The van der Waals surface area contributed by atoms with Gasteiger partial charge >= 0.3 is 17.9 Å². The van der Waals surface area contributed by atoms with Gasteiger partial charge in [0.05, 0.1) is 35.8 Å². The molecule has 1 aliphatic carbocycles. The molecule has 3 aromatic heterocycles. The van der Waals surface area contributed by atoms with Gasteiger partial charge in [-0.1, -0.05) is 80.4 Å². The van der Waals surface area contributed by atoms with E-state index in [4.69, 9.17) is 4.84 Å². The number of carboxylic acids is 2. The molecule has 16 nitrogen and oxygen atoms in total. The highest BCUT2D eigenvalue weighted by atomic mass is 16.7. The monoisotopic (exact) mass is 778 g/mol. The SMILES string of the molecule is CCC(C)(C)C(=O)On1ccc2c(-c3cnn([C@H](CC#N)C4CCCC4)c3)ncnc21.O=C(O)C(O)(C(=O)c1ccccc1)C(O)(C(=O)O)C(=O)c1ccccc1. The number of ketones is 2. The summed E-state index contributed by atoms with van der Waals surface area (Å²) in [5.41, 5.74) is -7.16. The Bertz CT molecular complexity index is 2240. The molecule has 1 fully saturated rings. The van der Waals surface area contributed by atoms with Crippen LogP contribution in [-0.2, 0) is 14.4 Å². The van der Waals surface area contributed by atoms with E-state index >= 15 is 0 Å². The van der Waals surface area contributed by atoms with Crippen LogP contribution < -0.4 is 4.84 Å². The zero-order valence-electron chi connectivity index (χ0n) is 31.5. The van der Waals surface area contributed by atoms with Crippen LogP contribution >= 0.6 is 0 Å². The predicted molar refractivity (Wildman–Crippen MR) is 202 cm³/mol. The molecule has 2 aromatic carbocycles. The molecule has 16 heteroatoms. The van der Waals surface area contributed by atoms with E-state index < -0.39 is 51.2 Å². The fourth-order valence-corrected chi connectivity index (χ4v) is 6.57. The maximum Gasteiger partial charge on any atom is 0.348 e. The van der Waals surface area contributed by atoms with Crippen molar-refractivity contribution < 1.29 is 49.2 Å². The molecule has 1 aliphatic rings. The molecule has 2 unspecified atom stereocenters. The van der Waals surface area contributed by atoms with Gasteiger partial charge in [-0.15, -0.1) is 0 Å². The average Bonchev–Trinajstić information content (AvgIpc) is 4.02. The first-order valence-electron chi connectivity index (χ1n) is 18.2. The normalized spacial score (nSPS) is 15.6. The zero-order chi connectivity index (χ0) is 41.5. The molecule has 0 bridgehead atoms. The van der Waals surface area contributed by atoms with Gasteiger partial charge in [0.1, 0.15) is 6.33 Å². The van der Waals surface area contributed by atoms with Gasteiger partial charge in [0, 0.05) is 34.5 Å². The quantitative estimate of drug-likeness (QED) is 0.0881. The molecular weight excluding hydrogens is 736 g/mol. The predicted octanol–water partition coefficient (Wildman–Crippen LogP) is 4.71. The summed E-state index contributed by atoms with van der Waals surface area (Å²) in [5, 5.41) is 54.5. The van der Waals surface area contributed by atoms with Gasteiger partial charge in [-0.05, 0) is 45.1 Å². The van der Waals surface area contributed by atoms with Gasteiger partial charge in [-0.3, -0.25) is 14.3 Å². The highest BCUT2D eigenvalue weighted by molar-refractivity contribution is 6.28. The van der Waals surface area contributed by atoms with Gasteiger partial charge in [0.15, 0.2) is 5.65 Å². The smallest absolute Gasteiger partial charge is 0.348 e. The number of aliphatic hydroxyl groups is 2. The molecule has 296 valence electrons. The van der Waals surface area contributed by atoms with E-state index in [9.17, 15) is 49.7 Å². The lowest BCUT2D eigenvalue weighted by Gasteiger charge is -2.34. The van der Waals surface area contributed by atoms with Crippen LogP contribution in [-0.4, -0.2) is 85.6 Å². The van der Waals surface area contributed by atoms with Crippen LogP contribution in [0.15, 0.2) is 91.6 Å². The van der Waals surface area contributed by atoms with Crippen molar-refractivity contribution in [1.82, 2.24) is 24.5 Å². The fourth-order valence-electron chi connectivity index (χ4n) is 6.57. The standard InChI is InChI=1S/C23H28N6O2.C18H14O8/c1-4-23(2,3)22(30)31-29-12-10-18-20(25-15-26-21(18)29)17-13-27-28(14-17)19(9-11-24)16-7-5-6-8-16;19-13(11-7-3-1-4-8-11)17(25,15(21)22)18(26,16(23)24)14(20)12-9-5-2-6-10-12/h10,12-16,19H,4-9H2,1-3H3;1-10,25-26H,(H,21,22)(H,23,24)/t19-;/m1./s1. The molecular formula is C41H42N6O10. The summed E-state index contributed by atoms with van der Waals surface area (Å²) >= 11 is 0. The highest BCUT2D eigenvalue weighted by Gasteiger charge is 2.69. The number of aromatic nitrogens is 5. The Labute approximate surface area is 326 Å². The molecule has 3 atom stereocenters. The Balaban J connectivity index is 0.000000221. The zero-order valence-corrected chi connectivity index (χ0v) is 31.5. The van der Waals surface area contributed by atoms with Gasteiger partial charge < -0.3 is 25.3 Å². The molecule has 0 saturated heterocycles. The van der Waals surface area contributed by atoms with Crippen molar-refractivity contribution in [3.05, 3.63) is 103 Å². The number of benzene rings is 2. The van der Waals surface area contributed by atoms with Crippen molar-refractivity contribution in [2.75, 3.05) is 0 Å². The van der Waals surface area contributed by atoms with E-state index in [1.807, 2.05) is 37.7 Å². The number of carbonyl (C=O) groups excluding carboxylic acids is 3. The summed E-state index contributed by atoms with van der Waals surface area (Å²) in [6.45, 7) is 5.67. The Hall–Kier alpha value is -6.57. The molecule has 0 radical (unpaired) electrons. The number of rotatable bonds is 14. The summed E-state index contributed by atoms with van der Waals surface area (Å²) in [7, 11) is 0. The first-order chi connectivity index (χ1) is 27.1. The molecule has 6 rings (SSSR count). The van der Waals surface area contributed by atoms with Gasteiger partial charge in [0.2, 0.25) is 11.6 Å². The Morgan fingerprint density at radius 1 is 0.877 bits per heavy atom. The number of hydrogen-bond donors (Lipinski definition) is 4. The van der Waals surface area contributed by atoms with Crippen LogP contribution in [0.5, 0.6) is 0 Å². The van der Waals surface area contributed by atoms with Crippen molar-refractivity contribution in [2.45, 2.75) is 76.5 Å². The summed E-state index contributed by atoms with van der Waals surface area (Å²) in [5.74, 6) is -7.85. The number of aliphatic carboxylic acids is 2. The Morgan fingerprint density at radius 3 is 1.91 bits per heavy atom. The molecule has 0 amide bonds. The van der Waals surface area contributed by atoms with Gasteiger partial charge in [0.25, 0.3) is 11.2 Å². The third-order valence-corrected chi connectivity index (χ3v) is 10.4. The number of Topliss-reactive ketones (excluding diaryl/α,β-unsaturated/α-hetero) is 2. The van der Waals surface area contributed by atoms with E-state index in [0.717, 1.165) is 53.8 Å². The second kappa shape index (κ2) is 17.1. The van der Waals surface area contributed by atoms with E-state index in [0.29, 0.717) is 24.4 Å². The third-order valence-electron chi connectivity index (χ3n) is 10.4. The van der Waals surface area contributed by atoms with Crippen LogP contribution in [0.1, 0.15) is 86.1 Å². The lowest BCUT2D eigenvalue weighted by atomic mass is 9.73. The molecule has 57 heavy (non-hydrogen) atoms. The van der Waals surface area contributed by atoms with E-state index in [-0.39, 0.29) is 12.0 Å². The summed E-state index contributed by atoms with van der Waals surface area (Å²) in [6.07, 6.45) is 12.7. The molecule has 3 heterocycles. The Kier molecular flexibility index (Phi) is 12.4. The second-order valence-electron chi connectivity index (χ2n) is 14.3. The van der Waals surface area contributed by atoms with Gasteiger partial charge in [-0.25, -0.2) is 24.4 Å². The van der Waals surface area contributed by atoms with Crippen molar-refractivity contribution in [1.29, 1.82) is 5.26 Å². The average molecular weight is 779 g/mol. The van der Waals surface area contributed by atoms with Crippen LogP contribution in [0, 0.1) is 22.7 Å². The lowest BCUT2D eigenvalue weighted by molar-refractivity contribution is -0.187. The summed E-state index contributed by atoms with van der Waals surface area (Å²) < 4.78 is 3.32. The molecule has 0 aliphatic heterocycles. The number of carbonyl (C=O) groups is 5. The minimum absolute atomic E-state index is 0.0837. The minimum atomic E-state index is -3.95. The maximum absolute atomic E-state index is 12.6. The number of fused-ring (bicyclic) bond motifs is 1. The van der Waals surface area contributed by atoms with E-state index in [1.165, 1.54) is 60.3 Å². The van der Waals surface area contributed by atoms with Crippen molar-refractivity contribution in [2.24, 2.45) is 11.3 Å². The van der Waals surface area contributed by atoms with Crippen LogP contribution in [0.25, 0.3) is 22.3 Å². The highest BCUT2D eigenvalue weighted by Crippen LogP contribution is 2.37. The first-order valence-corrected chi connectivity index (χ1v) is 18.2. The van der Waals surface area contributed by atoms with Crippen molar-refractivity contribution in [3.63, 3.8) is 0 Å². The van der Waals surface area contributed by atoms with Crippen LogP contribution in [0.4, 0.5) is 0 Å². The number of carboxylic acid groups (broad SMARTS) is 2. The number of hydrogen-bond acceptors (Lipinski definition) is 12. The third kappa shape index (κ3) is 8.06. The van der Waals surface area contributed by atoms with Crippen molar-refractivity contribution >= 4 is 40.5 Å². The largest absolute Gasteiger partial charge is 0.479 e. The van der Waals surface area contributed by atoms with E-state index in [1.54, 1.807) is 12.4 Å². The second-order valence-corrected chi connectivity index (χ2v) is 14.3. The van der Waals surface area contributed by atoms with E-state index in [2.05, 4.69) is 21.1 Å².